The molecule has 2 N–H and O–H groups in total. The van der Waals surface area contributed by atoms with Crippen LogP contribution in [0.2, 0.25) is 0 Å². The Kier molecular flexibility index (Phi) is 2.02. The quantitative estimate of drug-likeness (QED) is 0.625. The predicted molar refractivity (Wildman–Crippen MR) is 47.2 cm³/mol. The minimum Gasteiger partial charge on any atom is -0.324 e. The van der Waals surface area contributed by atoms with Crippen LogP contribution >= 0.6 is 0 Å². The molecule has 1 saturated heterocycles. The molecule has 2 heterocycles. The topological polar surface area (TPSA) is 61.0 Å². The van der Waals surface area contributed by atoms with E-state index >= 15 is 0 Å². The molecule has 2 rings (SSSR count). The van der Waals surface area contributed by atoms with Crippen LogP contribution < -0.4 is 5.32 Å². The molecule has 0 aliphatic carbocycles. The zero-order valence-electron chi connectivity index (χ0n) is 7.50. The van der Waals surface area contributed by atoms with E-state index in [9.17, 15) is 4.79 Å². The van der Waals surface area contributed by atoms with Gasteiger partial charge in [0.2, 0.25) is 0 Å². The molecular weight excluding hydrogens is 168 g/mol. The van der Waals surface area contributed by atoms with Gasteiger partial charge in [-0.2, -0.15) is 5.10 Å². The number of aryl methyl sites for hydroxylation is 1. The number of nitrogens with zero attached hydrogens (tertiary/aromatic N) is 2. The fourth-order valence-corrected chi connectivity index (χ4v) is 1.42. The molecule has 1 aliphatic heterocycles. The first-order chi connectivity index (χ1) is 6.29. The number of aromatic nitrogens is 2. The van der Waals surface area contributed by atoms with Crippen molar-refractivity contribution in [2.45, 2.75) is 6.92 Å². The van der Waals surface area contributed by atoms with Crippen molar-refractivity contribution < 1.29 is 4.79 Å². The zero-order chi connectivity index (χ0) is 9.26. The van der Waals surface area contributed by atoms with Gasteiger partial charge in [-0.25, -0.2) is 0 Å². The molecule has 0 saturated carbocycles. The van der Waals surface area contributed by atoms with Crippen LogP contribution in [0.4, 0.5) is 0 Å². The maximum Gasteiger partial charge on any atom is 0.258 e. The predicted octanol–water partition coefficient (Wildman–Crippen LogP) is -0.279. The molecule has 0 spiro atoms. The maximum atomic E-state index is 11.8. The molecule has 1 fully saturated rings. The van der Waals surface area contributed by atoms with Crippen molar-refractivity contribution in [2.75, 3.05) is 19.8 Å². The summed E-state index contributed by atoms with van der Waals surface area (Å²) in [6, 6.07) is 0. The van der Waals surface area contributed by atoms with E-state index in [4.69, 9.17) is 0 Å². The van der Waals surface area contributed by atoms with Crippen molar-refractivity contribution in [3.63, 3.8) is 0 Å². The number of carbonyl (C=O) groups excluding carboxylic acids is 1. The Balaban J connectivity index is 2.17. The Bertz CT molecular complexity index is 314. The lowest BCUT2D eigenvalue weighted by Crippen LogP contribution is -2.29. The van der Waals surface area contributed by atoms with Crippen LogP contribution in [0, 0.1) is 6.92 Å². The van der Waals surface area contributed by atoms with Crippen LogP contribution in [0.25, 0.3) is 0 Å². The average molecular weight is 180 g/mol. The summed E-state index contributed by atoms with van der Waals surface area (Å²) in [4.78, 5) is 13.5. The third-order valence-electron chi connectivity index (χ3n) is 2.21. The van der Waals surface area contributed by atoms with Crippen molar-refractivity contribution in [1.82, 2.24) is 20.4 Å². The van der Waals surface area contributed by atoms with Gasteiger partial charge in [0.25, 0.3) is 5.91 Å². The summed E-state index contributed by atoms with van der Waals surface area (Å²) < 4.78 is 0. The molecule has 1 amide bonds. The van der Waals surface area contributed by atoms with Gasteiger partial charge in [-0.3, -0.25) is 15.2 Å². The lowest BCUT2D eigenvalue weighted by atomic mass is 10.2. The molecule has 1 aromatic rings. The largest absolute Gasteiger partial charge is 0.324 e. The second-order valence-corrected chi connectivity index (χ2v) is 3.14. The molecule has 0 unspecified atom stereocenters. The zero-order valence-corrected chi connectivity index (χ0v) is 7.50. The summed E-state index contributed by atoms with van der Waals surface area (Å²) in [5.41, 5.74) is 1.50. The first-order valence-corrected chi connectivity index (χ1v) is 4.29. The first kappa shape index (κ1) is 8.25. The molecule has 1 aromatic heterocycles. The highest BCUT2D eigenvalue weighted by Crippen LogP contribution is 2.07. The Morgan fingerprint density at radius 1 is 1.69 bits per heavy atom. The van der Waals surface area contributed by atoms with Crippen LogP contribution in [0.15, 0.2) is 6.20 Å². The number of rotatable bonds is 1. The van der Waals surface area contributed by atoms with Gasteiger partial charge < -0.3 is 4.90 Å². The van der Waals surface area contributed by atoms with Crippen LogP contribution in [0.1, 0.15) is 16.1 Å². The first-order valence-electron chi connectivity index (χ1n) is 4.29. The van der Waals surface area contributed by atoms with Gasteiger partial charge >= 0.3 is 0 Å². The molecule has 70 valence electrons. The van der Waals surface area contributed by atoms with E-state index < -0.39 is 0 Å². The van der Waals surface area contributed by atoms with Gasteiger partial charge in [-0.05, 0) is 6.92 Å². The SMILES string of the molecule is Cc1[nH]ncc1C(=O)N1CCNC1. The van der Waals surface area contributed by atoms with Crippen molar-refractivity contribution in [3.8, 4) is 0 Å². The molecular formula is C8H12N4O. The lowest BCUT2D eigenvalue weighted by molar-refractivity contribution is 0.0790. The summed E-state index contributed by atoms with van der Waals surface area (Å²) in [5.74, 6) is 0.0521. The minimum absolute atomic E-state index is 0.0521. The van der Waals surface area contributed by atoms with Gasteiger partial charge in [0.1, 0.15) is 0 Å². The highest BCUT2D eigenvalue weighted by Gasteiger charge is 2.21. The van der Waals surface area contributed by atoms with E-state index in [0.29, 0.717) is 12.2 Å². The average Bonchev–Trinajstić information content (AvgIpc) is 2.72. The van der Waals surface area contributed by atoms with E-state index in [0.717, 1.165) is 18.8 Å². The van der Waals surface area contributed by atoms with Crippen LogP contribution in [0.3, 0.4) is 0 Å². The van der Waals surface area contributed by atoms with E-state index in [-0.39, 0.29) is 5.91 Å². The summed E-state index contributed by atoms with van der Waals surface area (Å²) in [6.07, 6.45) is 1.58. The van der Waals surface area contributed by atoms with Gasteiger partial charge in [-0.15, -0.1) is 0 Å². The molecule has 0 bridgehead atoms. The number of H-pyrrole nitrogens is 1. The molecule has 0 radical (unpaired) electrons. The van der Waals surface area contributed by atoms with Gasteiger partial charge in [0.05, 0.1) is 18.4 Å². The number of carbonyl (C=O) groups is 1. The van der Waals surface area contributed by atoms with Crippen molar-refractivity contribution in [3.05, 3.63) is 17.5 Å². The number of hydrogen-bond acceptors (Lipinski definition) is 3. The molecule has 1 aliphatic rings. The number of hydrogen-bond donors (Lipinski definition) is 2. The maximum absolute atomic E-state index is 11.8. The molecule has 5 heteroatoms. The van der Waals surface area contributed by atoms with Crippen LogP contribution in [-0.4, -0.2) is 40.8 Å². The molecule has 13 heavy (non-hydrogen) atoms. The highest BCUT2D eigenvalue weighted by atomic mass is 16.2. The van der Waals surface area contributed by atoms with Gasteiger partial charge in [-0.1, -0.05) is 0 Å². The monoisotopic (exact) mass is 180 g/mol. The summed E-state index contributed by atoms with van der Waals surface area (Å²) >= 11 is 0. The molecule has 5 nitrogen and oxygen atoms in total. The standard InChI is InChI=1S/C8H12N4O/c1-6-7(4-10-11-6)8(13)12-3-2-9-5-12/h4,9H,2-3,5H2,1H3,(H,10,11). The summed E-state index contributed by atoms with van der Waals surface area (Å²) in [6.45, 7) is 4.15. The van der Waals surface area contributed by atoms with E-state index in [1.807, 2.05) is 6.92 Å². The number of amides is 1. The number of nitrogens with one attached hydrogen (secondary N) is 2. The van der Waals surface area contributed by atoms with E-state index in [1.54, 1.807) is 11.1 Å². The Hall–Kier alpha value is -1.36. The minimum atomic E-state index is 0.0521. The summed E-state index contributed by atoms with van der Waals surface area (Å²) in [5, 5.41) is 9.69. The lowest BCUT2D eigenvalue weighted by Gasteiger charge is -2.13. The van der Waals surface area contributed by atoms with Gasteiger partial charge in [0, 0.05) is 18.8 Å². The molecule has 0 atom stereocenters. The fraction of sp³-hybridized carbons (Fsp3) is 0.500. The molecule has 0 aromatic carbocycles. The van der Waals surface area contributed by atoms with Crippen molar-refractivity contribution >= 4 is 5.91 Å². The second kappa shape index (κ2) is 3.18. The normalized spacial score (nSPS) is 16.5. The summed E-state index contributed by atoms with van der Waals surface area (Å²) in [7, 11) is 0. The van der Waals surface area contributed by atoms with Crippen molar-refractivity contribution in [1.29, 1.82) is 0 Å². The van der Waals surface area contributed by atoms with Crippen molar-refractivity contribution in [2.24, 2.45) is 0 Å². The Morgan fingerprint density at radius 3 is 3.08 bits per heavy atom. The highest BCUT2D eigenvalue weighted by molar-refractivity contribution is 5.95. The van der Waals surface area contributed by atoms with E-state index in [1.165, 1.54) is 0 Å². The smallest absolute Gasteiger partial charge is 0.258 e. The van der Waals surface area contributed by atoms with Crippen LogP contribution in [-0.2, 0) is 0 Å². The Labute approximate surface area is 76.1 Å². The number of aromatic amines is 1. The Morgan fingerprint density at radius 2 is 2.54 bits per heavy atom. The third-order valence-corrected chi connectivity index (χ3v) is 2.21. The fourth-order valence-electron chi connectivity index (χ4n) is 1.42. The second-order valence-electron chi connectivity index (χ2n) is 3.14. The third kappa shape index (κ3) is 1.42. The van der Waals surface area contributed by atoms with E-state index in [2.05, 4.69) is 15.5 Å². The van der Waals surface area contributed by atoms with Gasteiger partial charge in [0.15, 0.2) is 0 Å². The van der Waals surface area contributed by atoms with Crippen LogP contribution in [0.5, 0.6) is 0 Å².